The zero-order chi connectivity index (χ0) is 10.9. The molecule has 1 saturated heterocycles. The second-order valence-corrected chi connectivity index (χ2v) is 3.29. The van der Waals surface area contributed by atoms with Gasteiger partial charge in [-0.15, -0.1) is 0 Å². The third-order valence-corrected chi connectivity index (χ3v) is 1.99. The fourth-order valence-electron chi connectivity index (χ4n) is 1.18. The Morgan fingerprint density at radius 2 is 1.87 bits per heavy atom. The second kappa shape index (κ2) is 3.73. The van der Waals surface area contributed by atoms with Crippen molar-refractivity contribution < 1.29 is 22.6 Å². The van der Waals surface area contributed by atoms with Gasteiger partial charge in [-0.1, -0.05) is 12.1 Å². The predicted octanol–water partition coefficient (Wildman–Crippen LogP) is 2.70. The largest absolute Gasteiger partial charge is 0.484 e. The van der Waals surface area contributed by atoms with Gasteiger partial charge in [0.05, 0.1) is 6.61 Å². The van der Waals surface area contributed by atoms with Crippen LogP contribution in [0, 0.1) is 0 Å². The maximum Gasteiger partial charge on any atom is 0.422 e. The average molecular weight is 218 g/mol. The third kappa shape index (κ3) is 3.13. The lowest BCUT2D eigenvalue weighted by Crippen LogP contribution is -2.19. The smallest absolute Gasteiger partial charge is 0.422 e. The summed E-state index contributed by atoms with van der Waals surface area (Å²) in [5, 5.41) is 0. The van der Waals surface area contributed by atoms with Crippen LogP contribution in [-0.4, -0.2) is 19.4 Å². The molecule has 1 fully saturated rings. The summed E-state index contributed by atoms with van der Waals surface area (Å²) in [5.74, 6) is 0.219. The van der Waals surface area contributed by atoms with Gasteiger partial charge >= 0.3 is 6.18 Å². The standard InChI is InChI=1S/C10H9F3O2/c11-10(12,13)6-15-8-3-1-7(2-4-8)9-5-14-9/h1-4,9H,5-6H2/t9-/m0/s1. The molecule has 1 aromatic carbocycles. The first kappa shape index (κ1) is 10.3. The molecule has 1 heterocycles. The molecule has 0 spiro atoms. The molecule has 1 atom stereocenters. The highest BCUT2D eigenvalue weighted by molar-refractivity contribution is 5.29. The molecular formula is C10H9F3O2. The lowest BCUT2D eigenvalue weighted by Gasteiger charge is -2.09. The Kier molecular flexibility index (Phi) is 2.56. The Bertz CT molecular complexity index is 328. The molecule has 15 heavy (non-hydrogen) atoms. The number of alkyl halides is 3. The van der Waals surface area contributed by atoms with Gasteiger partial charge in [-0.3, -0.25) is 0 Å². The molecule has 82 valence electrons. The minimum atomic E-state index is -4.29. The summed E-state index contributed by atoms with van der Waals surface area (Å²) in [4.78, 5) is 0. The van der Waals surface area contributed by atoms with E-state index in [-0.39, 0.29) is 11.9 Å². The summed E-state index contributed by atoms with van der Waals surface area (Å²) in [6.07, 6.45) is -4.18. The predicted molar refractivity (Wildman–Crippen MR) is 46.7 cm³/mol. The molecule has 5 heteroatoms. The SMILES string of the molecule is FC(F)(F)COc1ccc([C@@H]2CO2)cc1. The summed E-state index contributed by atoms with van der Waals surface area (Å²) in [6, 6.07) is 6.46. The molecule has 0 aromatic heterocycles. The van der Waals surface area contributed by atoms with Gasteiger partial charge in [0.15, 0.2) is 6.61 Å². The molecule has 0 radical (unpaired) electrons. The number of hydrogen-bond donors (Lipinski definition) is 0. The molecule has 0 unspecified atom stereocenters. The summed E-state index contributed by atoms with van der Waals surface area (Å²) < 4.78 is 45.0. The lowest BCUT2D eigenvalue weighted by molar-refractivity contribution is -0.153. The number of hydrogen-bond acceptors (Lipinski definition) is 2. The van der Waals surface area contributed by atoms with Crippen LogP contribution >= 0.6 is 0 Å². The molecule has 1 aliphatic rings. The Hall–Kier alpha value is -1.23. The van der Waals surface area contributed by atoms with E-state index in [9.17, 15) is 13.2 Å². The first-order valence-corrected chi connectivity index (χ1v) is 4.46. The molecule has 0 saturated carbocycles. The minimum Gasteiger partial charge on any atom is -0.484 e. The van der Waals surface area contributed by atoms with E-state index in [1.54, 1.807) is 12.1 Å². The van der Waals surface area contributed by atoms with Crippen molar-refractivity contribution in [1.29, 1.82) is 0 Å². The average Bonchev–Trinajstić information content (AvgIpc) is 2.98. The van der Waals surface area contributed by atoms with Crippen LogP contribution < -0.4 is 4.74 Å². The highest BCUT2D eigenvalue weighted by Crippen LogP contribution is 2.30. The summed E-state index contributed by atoms with van der Waals surface area (Å²) in [7, 11) is 0. The number of epoxide rings is 1. The summed E-state index contributed by atoms with van der Waals surface area (Å²) in [5.41, 5.74) is 0.967. The summed E-state index contributed by atoms with van der Waals surface area (Å²) >= 11 is 0. The number of rotatable bonds is 3. The van der Waals surface area contributed by atoms with Crippen LogP contribution in [0.4, 0.5) is 13.2 Å². The topological polar surface area (TPSA) is 21.8 Å². The van der Waals surface area contributed by atoms with E-state index >= 15 is 0 Å². The van der Waals surface area contributed by atoms with Crippen LogP contribution in [0.15, 0.2) is 24.3 Å². The zero-order valence-electron chi connectivity index (χ0n) is 7.75. The van der Waals surface area contributed by atoms with E-state index in [1.807, 2.05) is 0 Å². The third-order valence-electron chi connectivity index (χ3n) is 1.99. The van der Waals surface area contributed by atoms with Crippen LogP contribution in [0.1, 0.15) is 11.7 Å². The van der Waals surface area contributed by atoms with Gasteiger partial charge in [0.1, 0.15) is 11.9 Å². The van der Waals surface area contributed by atoms with Gasteiger partial charge < -0.3 is 9.47 Å². The van der Waals surface area contributed by atoms with E-state index in [0.717, 1.165) is 5.56 Å². The van der Waals surface area contributed by atoms with Crippen molar-refractivity contribution >= 4 is 0 Å². The number of benzene rings is 1. The monoisotopic (exact) mass is 218 g/mol. The molecule has 1 aliphatic heterocycles. The van der Waals surface area contributed by atoms with E-state index in [4.69, 9.17) is 4.74 Å². The van der Waals surface area contributed by atoms with Crippen LogP contribution in [-0.2, 0) is 4.74 Å². The van der Waals surface area contributed by atoms with Crippen LogP contribution in [0.5, 0.6) is 5.75 Å². The van der Waals surface area contributed by atoms with Crippen molar-refractivity contribution in [3.8, 4) is 5.75 Å². The fraction of sp³-hybridized carbons (Fsp3) is 0.400. The molecule has 2 nitrogen and oxygen atoms in total. The van der Waals surface area contributed by atoms with Crippen molar-refractivity contribution in [3.05, 3.63) is 29.8 Å². The van der Waals surface area contributed by atoms with Crippen molar-refractivity contribution in [2.75, 3.05) is 13.2 Å². The van der Waals surface area contributed by atoms with Gasteiger partial charge in [0, 0.05) is 0 Å². The molecule has 0 N–H and O–H groups in total. The van der Waals surface area contributed by atoms with Gasteiger partial charge in [0.2, 0.25) is 0 Å². The van der Waals surface area contributed by atoms with E-state index in [1.165, 1.54) is 12.1 Å². The quantitative estimate of drug-likeness (QED) is 0.727. The van der Waals surface area contributed by atoms with Crippen molar-refractivity contribution in [1.82, 2.24) is 0 Å². The zero-order valence-corrected chi connectivity index (χ0v) is 7.75. The lowest BCUT2D eigenvalue weighted by atomic mass is 10.2. The molecule has 1 aromatic rings. The van der Waals surface area contributed by atoms with E-state index in [2.05, 4.69) is 4.74 Å². The van der Waals surface area contributed by atoms with Crippen LogP contribution in [0.25, 0.3) is 0 Å². The van der Waals surface area contributed by atoms with Gasteiger partial charge in [0.25, 0.3) is 0 Å². The van der Waals surface area contributed by atoms with Crippen molar-refractivity contribution in [2.24, 2.45) is 0 Å². The maximum absolute atomic E-state index is 11.8. The highest BCUT2D eigenvalue weighted by atomic mass is 19.4. The Labute approximate surface area is 84.6 Å². The first-order valence-electron chi connectivity index (χ1n) is 4.46. The Balaban J connectivity index is 1.92. The minimum absolute atomic E-state index is 0.113. The van der Waals surface area contributed by atoms with Crippen LogP contribution in [0.2, 0.25) is 0 Å². The van der Waals surface area contributed by atoms with Crippen LogP contribution in [0.3, 0.4) is 0 Å². The maximum atomic E-state index is 11.8. The van der Waals surface area contributed by atoms with Crippen molar-refractivity contribution in [3.63, 3.8) is 0 Å². The second-order valence-electron chi connectivity index (χ2n) is 3.29. The Morgan fingerprint density at radius 3 is 2.33 bits per heavy atom. The van der Waals surface area contributed by atoms with Gasteiger partial charge in [-0.2, -0.15) is 13.2 Å². The molecule has 0 aliphatic carbocycles. The first-order chi connectivity index (χ1) is 7.04. The Morgan fingerprint density at radius 1 is 1.27 bits per heavy atom. The number of halogens is 3. The van der Waals surface area contributed by atoms with Gasteiger partial charge in [-0.25, -0.2) is 0 Å². The van der Waals surface area contributed by atoms with E-state index in [0.29, 0.717) is 6.61 Å². The molecular weight excluding hydrogens is 209 g/mol. The summed E-state index contributed by atoms with van der Waals surface area (Å²) in [6.45, 7) is -0.574. The van der Waals surface area contributed by atoms with Gasteiger partial charge in [-0.05, 0) is 17.7 Å². The molecule has 2 rings (SSSR count). The molecule has 0 bridgehead atoms. The highest BCUT2D eigenvalue weighted by Gasteiger charge is 2.28. The number of ether oxygens (including phenoxy) is 2. The van der Waals surface area contributed by atoms with E-state index < -0.39 is 12.8 Å². The fourth-order valence-corrected chi connectivity index (χ4v) is 1.18. The normalized spacial score (nSPS) is 20.1. The van der Waals surface area contributed by atoms with Crippen molar-refractivity contribution in [2.45, 2.75) is 12.3 Å². The molecule has 0 amide bonds.